The number of aromatic nitrogens is 2. The van der Waals surface area contributed by atoms with Crippen molar-refractivity contribution in [3.63, 3.8) is 0 Å². The van der Waals surface area contributed by atoms with Crippen LogP contribution in [-0.2, 0) is 20.1 Å². The third-order valence-corrected chi connectivity index (χ3v) is 4.82. The number of hydrogen-bond acceptors (Lipinski definition) is 4. The number of aliphatic hydroxyl groups is 1. The summed E-state index contributed by atoms with van der Waals surface area (Å²) in [7, 11) is 1.90. The Kier molecular flexibility index (Phi) is 7.19. The van der Waals surface area contributed by atoms with E-state index in [0.29, 0.717) is 18.1 Å². The van der Waals surface area contributed by atoms with E-state index in [1.807, 2.05) is 40.8 Å². The van der Waals surface area contributed by atoms with Crippen molar-refractivity contribution in [1.82, 2.24) is 14.5 Å². The highest BCUT2D eigenvalue weighted by atomic mass is 35.5. The third kappa shape index (κ3) is 6.00. The lowest BCUT2D eigenvalue weighted by Gasteiger charge is -2.25. The Labute approximate surface area is 173 Å². The minimum absolute atomic E-state index is 0.102. The monoisotopic (exact) mass is 421 g/mol. The molecular weight excluding hydrogens is 400 g/mol. The van der Waals surface area contributed by atoms with E-state index < -0.39 is 17.7 Å². The lowest BCUT2D eigenvalue weighted by atomic mass is 10.2. The average Bonchev–Trinajstić information content (AvgIpc) is 3.07. The van der Waals surface area contributed by atoms with Gasteiger partial charge in [-0.2, -0.15) is 0 Å². The molecule has 1 N–H and O–H groups in total. The van der Waals surface area contributed by atoms with Gasteiger partial charge in [0.25, 0.3) is 0 Å². The van der Waals surface area contributed by atoms with E-state index >= 15 is 0 Å². The molecule has 1 atom stereocenters. The Balaban J connectivity index is 1.66. The zero-order valence-corrected chi connectivity index (χ0v) is 16.7. The average molecular weight is 422 g/mol. The number of halogens is 3. The summed E-state index contributed by atoms with van der Waals surface area (Å²) in [5.41, 5.74) is 1.89. The van der Waals surface area contributed by atoms with Crippen molar-refractivity contribution in [2.24, 2.45) is 7.05 Å². The molecule has 0 aliphatic heterocycles. The van der Waals surface area contributed by atoms with Crippen molar-refractivity contribution in [1.29, 1.82) is 0 Å². The van der Waals surface area contributed by atoms with Gasteiger partial charge in [0.1, 0.15) is 18.5 Å². The predicted octanol–water partition coefficient (Wildman–Crippen LogP) is 3.79. The second kappa shape index (κ2) is 9.82. The minimum atomic E-state index is -0.893. The highest BCUT2D eigenvalue weighted by molar-refractivity contribution is 6.31. The van der Waals surface area contributed by atoms with Gasteiger partial charge in [0.15, 0.2) is 11.6 Å². The van der Waals surface area contributed by atoms with E-state index in [4.69, 9.17) is 16.3 Å². The van der Waals surface area contributed by atoms with E-state index in [1.165, 1.54) is 6.07 Å². The highest BCUT2D eigenvalue weighted by Gasteiger charge is 2.17. The van der Waals surface area contributed by atoms with E-state index in [9.17, 15) is 13.9 Å². The molecular formula is C21H22ClF2N3O2. The Morgan fingerprint density at radius 2 is 2.00 bits per heavy atom. The smallest absolute Gasteiger partial charge is 0.167 e. The van der Waals surface area contributed by atoms with Crippen LogP contribution in [0.2, 0.25) is 5.02 Å². The first-order valence-electron chi connectivity index (χ1n) is 9.09. The van der Waals surface area contributed by atoms with E-state index in [0.717, 1.165) is 23.4 Å². The molecule has 8 heteroatoms. The molecule has 3 aromatic rings. The van der Waals surface area contributed by atoms with Gasteiger partial charge in [-0.1, -0.05) is 29.8 Å². The molecule has 1 unspecified atom stereocenters. The number of rotatable bonds is 9. The largest absolute Gasteiger partial charge is 0.488 e. The topological polar surface area (TPSA) is 50.5 Å². The molecule has 0 spiro atoms. The highest BCUT2D eigenvalue weighted by Crippen LogP contribution is 2.20. The standard InChI is InChI=1S/C21H22ClF2N3O2/c1-26-14-25-9-17(26)11-27(10-15-4-2-3-5-19(15)22)12-18(28)13-29-21-7-6-16(23)8-20(21)24/h2-9,14,18,28H,10-13H2,1H3. The maximum Gasteiger partial charge on any atom is 0.167 e. The predicted molar refractivity (Wildman–Crippen MR) is 107 cm³/mol. The second-order valence-corrected chi connectivity index (χ2v) is 7.20. The lowest BCUT2D eigenvalue weighted by Crippen LogP contribution is -2.35. The molecule has 0 bridgehead atoms. The van der Waals surface area contributed by atoms with Crippen LogP contribution in [0.4, 0.5) is 8.78 Å². The zero-order valence-electron chi connectivity index (χ0n) is 15.9. The van der Waals surface area contributed by atoms with Crippen LogP contribution in [-0.4, -0.2) is 38.8 Å². The summed E-state index contributed by atoms with van der Waals surface area (Å²) in [5.74, 6) is -1.59. The van der Waals surface area contributed by atoms with E-state index in [2.05, 4.69) is 4.98 Å². The van der Waals surface area contributed by atoms with Crippen LogP contribution in [0.25, 0.3) is 0 Å². The van der Waals surface area contributed by atoms with Crippen LogP contribution in [0.5, 0.6) is 5.75 Å². The zero-order chi connectivity index (χ0) is 20.8. The van der Waals surface area contributed by atoms with Crippen LogP contribution >= 0.6 is 11.6 Å². The Bertz CT molecular complexity index is 951. The number of ether oxygens (including phenoxy) is 1. The van der Waals surface area contributed by atoms with Crippen molar-refractivity contribution in [2.75, 3.05) is 13.2 Å². The van der Waals surface area contributed by atoms with Gasteiger partial charge >= 0.3 is 0 Å². The molecule has 1 aromatic heterocycles. The van der Waals surface area contributed by atoms with Crippen LogP contribution in [0.3, 0.4) is 0 Å². The van der Waals surface area contributed by atoms with Gasteiger partial charge < -0.3 is 14.4 Å². The molecule has 0 aliphatic rings. The molecule has 0 saturated heterocycles. The molecule has 3 rings (SSSR count). The Morgan fingerprint density at radius 3 is 2.69 bits per heavy atom. The molecule has 0 fully saturated rings. The van der Waals surface area contributed by atoms with Crippen molar-refractivity contribution in [2.45, 2.75) is 19.2 Å². The van der Waals surface area contributed by atoms with Crippen molar-refractivity contribution in [3.05, 3.63) is 82.9 Å². The molecule has 0 amide bonds. The Morgan fingerprint density at radius 1 is 1.21 bits per heavy atom. The SMILES string of the molecule is Cn1cncc1CN(Cc1ccccc1Cl)CC(O)COc1ccc(F)cc1F. The van der Waals surface area contributed by atoms with Crippen LogP contribution in [0.1, 0.15) is 11.3 Å². The maximum absolute atomic E-state index is 13.7. The summed E-state index contributed by atoms with van der Waals surface area (Å²) in [6.07, 6.45) is 2.58. The first-order valence-corrected chi connectivity index (χ1v) is 9.47. The quantitative estimate of drug-likeness (QED) is 0.571. The van der Waals surface area contributed by atoms with Gasteiger partial charge in [-0.3, -0.25) is 4.90 Å². The maximum atomic E-state index is 13.7. The summed E-state index contributed by atoms with van der Waals surface area (Å²) in [4.78, 5) is 6.13. The van der Waals surface area contributed by atoms with Gasteiger partial charge in [0.2, 0.25) is 0 Å². The van der Waals surface area contributed by atoms with Crippen molar-refractivity contribution in [3.8, 4) is 5.75 Å². The van der Waals surface area contributed by atoms with E-state index in [1.54, 1.807) is 12.5 Å². The minimum Gasteiger partial charge on any atom is -0.488 e. The van der Waals surface area contributed by atoms with Crippen molar-refractivity contribution < 1.29 is 18.6 Å². The number of aliphatic hydroxyl groups excluding tert-OH is 1. The fraction of sp³-hybridized carbons (Fsp3) is 0.286. The van der Waals surface area contributed by atoms with Gasteiger partial charge in [-0.25, -0.2) is 13.8 Å². The summed E-state index contributed by atoms with van der Waals surface area (Å²) in [6, 6.07) is 10.6. The number of aryl methyl sites for hydroxylation is 1. The number of benzene rings is 2. The molecule has 0 radical (unpaired) electrons. The van der Waals surface area contributed by atoms with Gasteiger partial charge in [0, 0.05) is 44.0 Å². The lowest BCUT2D eigenvalue weighted by molar-refractivity contribution is 0.0608. The normalized spacial score (nSPS) is 12.3. The van der Waals surface area contributed by atoms with Gasteiger partial charge in [-0.15, -0.1) is 0 Å². The third-order valence-electron chi connectivity index (χ3n) is 4.45. The van der Waals surface area contributed by atoms with Gasteiger partial charge in [-0.05, 0) is 23.8 Å². The Hall–Kier alpha value is -2.48. The number of nitrogens with zero attached hydrogens (tertiary/aromatic N) is 3. The summed E-state index contributed by atoms with van der Waals surface area (Å²) in [6.45, 7) is 1.17. The number of hydrogen-bond donors (Lipinski definition) is 1. The molecule has 0 aliphatic carbocycles. The van der Waals surface area contributed by atoms with Gasteiger partial charge in [0.05, 0.1) is 12.0 Å². The molecule has 5 nitrogen and oxygen atoms in total. The summed E-state index contributed by atoms with van der Waals surface area (Å²) < 4.78 is 33.9. The van der Waals surface area contributed by atoms with Crippen molar-refractivity contribution >= 4 is 11.6 Å². The fourth-order valence-corrected chi connectivity index (χ4v) is 3.14. The first kappa shape index (κ1) is 21.2. The molecule has 2 aromatic carbocycles. The van der Waals surface area contributed by atoms with Crippen LogP contribution in [0, 0.1) is 11.6 Å². The molecule has 29 heavy (non-hydrogen) atoms. The molecule has 154 valence electrons. The van der Waals surface area contributed by atoms with Crippen LogP contribution < -0.4 is 4.74 Å². The number of imidazole rings is 1. The summed E-state index contributed by atoms with van der Waals surface area (Å²) in [5, 5.41) is 11.1. The molecule has 1 heterocycles. The second-order valence-electron chi connectivity index (χ2n) is 6.80. The van der Waals surface area contributed by atoms with E-state index in [-0.39, 0.29) is 18.9 Å². The fourth-order valence-electron chi connectivity index (χ4n) is 2.95. The summed E-state index contributed by atoms with van der Waals surface area (Å²) >= 11 is 6.29. The first-order chi connectivity index (χ1) is 13.9. The molecule has 0 saturated carbocycles. The van der Waals surface area contributed by atoms with Crippen LogP contribution in [0.15, 0.2) is 55.0 Å².